The zero-order chi connectivity index (χ0) is 39.6. The van der Waals surface area contributed by atoms with E-state index in [1.165, 1.54) is 60.7 Å². The van der Waals surface area contributed by atoms with Crippen LogP contribution in [-0.4, -0.2) is 62.1 Å². The van der Waals surface area contributed by atoms with Gasteiger partial charge in [-0.15, -0.1) is 10.2 Å². The quantitative estimate of drug-likeness (QED) is 0.0905. The van der Waals surface area contributed by atoms with Gasteiger partial charge in [-0.3, -0.25) is 9.11 Å². The van der Waals surface area contributed by atoms with Crippen LogP contribution in [0.15, 0.2) is 149 Å². The second kappa shape index (κ2) is 18.3. The van der Waals surface area contributed by atoms with Crippen LogP contribution in [0.5, 0.6) is 11.5 Å². The molecule has 0 spiro atoms. The van der Waals surface area contributed by atoms with Crippen molar-refractivity contribution in [2.45, 2.75) is 19.6 Å². The molecule has 0 fully saturated rings. The number of benzene rings is 6. The third-order valence-corrected chi connectivity index (χ3v) is 10.7. The molecule has 6 rings (SSSR count). The summed E-state index contributed by atoms with van der Waals surface area (Å²) in [5.41, 5.74) is 0.581. The molecule has 0 bridgehead atoms. The normalized spacial score (nSPS) is 12.2. The Bertz CT molecular complexity index is 2750. The SMILES string of the molecule is O=S(=O)([O-])c1ccc2c(/N=N/c3ccc(S(=O)(=O)O)cc3)c(O)ccc2c1.O=S(=O)([O-])c1ccc2c(/N=N/c3ccc(S(=O)(=O)O)cc3)c(O)ccc2c1.[Na+].[Na+]. The Balaban J connectivity index is 0.000000290. The molecule has 0 amide bonds. The van der Waals surface area contributed by atoms with Crippen LogP contribution in [-0.2, 0) is 40.5 Å². The summed E-state index contributed by atoms with van der Waals surface area (Å²) in [6.45, 7) is 0. The van der Waals surface area contributed by atoms with Crippen LogP contribution in [0.1, 0.15) is 0 Å². The summed E-state index contributed by atoms with van der Waals surface area (Å²) in [5, 5.41) is 37.1. The van der Waals surface area contributed by atoms with Gasteiger partial charge in [-0.05, 0) is 95.7 Å². The fraction of sp³-hybridized carbons (Fsp3) is 0. The van der Waals surface area contributed by atoms with Crippen LogP contribution in [0.4, 0.5) is 22.7 Å². The first-order chi connectivity index (χ1) is 25.1. The van der Waals surface area contributed by atoms with E-state index in [-0.39, 0.29) is 103 Å². The van der Waals surface area contributed by atoms with E-state index in [1.54, 1.807) is 0 Å². The van der Waals surface area contributed by atoms with Crippen LogP contribution in [0.25, 0.3) is 21.5 Å². The predicted molar refractivity (Wildman–Crippen MR) is 188 cm³/mol. The Morgan fingerprint density at radius 2 is 0.714 bits per heavy atom. The zero-order valence-electron chi connectivity index (χ0n) is 28.7. The van der Waals surface area contributed by atoms with Gasteiger partial charge in [0, 0.05) is 10.8 Å². The maximum absolute atomic E-state index is 11.1. The van der Waals surface area contributed by atoms with Gasteiger partial charge in [-0.2, -0.15) is 27.1 Å². The molecule has 24 heteroatoms. The Labute approximate surface area is 363 Å². The minimum absolute atomic E-state index is 0. The van der Waals surface area contributed by atoms with Crippen molar-refractivity contribution in [3.05, 3.63) is 109 Å². The molecular weight excluding hydrogens is 839 g/mol. The first-order valence-corrected chi connectivity index (χ1v) is 20.2. The summed E-state index contributed by atoms with van der Waals surface area (Å²) in [4.78, 5) is -1.43. The van der Waals surface area contributed by atoms with Crippen LogP contribution >= 0.6 is 0 Å². The van der Waals surface area contributed by atoms with E-state index in [9.17, 15) is 53.0 Å². The minimum atomic E-state index is -4.62. The standard InChI is InChI=1S/2C16H12N2O7S2.2Na/c2*19-15-8-1-10-9-13(27(23,24)25)6-7-14(10)16(15)18-17-11-2-4-12(5-3-11)26(20,21)22;;/h2*1-9,19H,(H,20,21,22)(H,23,24,25);;/q;;2*+1/p-2/b2*18-17+;;. The first-order valence-electron chi connectivity index (χ1n) is 14.5. The number of hydrogen-bond acceptors (Lipinski definition) is 16. The number of azo groups is 2. The molecule has 0 saturated carbocycles. The van der Waals surface area contributed by atoms with E-state index in [1.807, 2.05) is 0 Å². The third-order valence-electron chi connectivity index (χ3n) is 7.26. The predicted octanol–water partition coefficient (Wildman–Crippen LogP) is 0.231. The topological polar surface area (TPSA) is 313 Å². The third kappa shape index (κ3) is 11.7. The van der Waals surface area contributed by atoms with Gasteiger partial charge in [-0.1, -0.05) is 24.3 Å². The van der Waals surface area contributed by atoms with E-state index in [0.717, 1.165) is 48.5 Å². The molecule has 0 aliphatic carbocycles. The molecule has 0 heterocycles. The molecule has 6 aromatic rings. The van der Waals surface area contributed by atoms with Crippen LogP contribution in [0.3, 0.4) is 0 Å². The molecule has 0 atom stereocenters. The van der Waals surface area contributed by atoms with Gasteiger partial charge in [0.1, 0.15) is 43.1 Å². The summed E-state index contributed by atoms with van der Waals surface area (Å²) in [7, 11) is -17.9. The fourth-order valence-electron chi connectivity index (χ4n) is 4.67. The molecule has 0 aliphatic heterocycles. The Kier molecular flexibility index (Phi) is 15.2. The maximum Gasteiger partial charge on any atom is 1.00 e. The molecule has 56 heavy (non-hydrogen) atoms. The average molecular weight is 861 g/mol. The van der Waals surface area contributed by atoms with E-state index < -0.39 is 50.3 Å². The van der Waals surface area contributed by atoms with Crippen molar-refractivity contribution in [2.75, 3.05) is 0 Å². The Morgan fingerprint density at radius 1 is 0.411 bits per heavy atom. The van der Waals surface area contributed by atoms with Gasteiger partial charge < -0.3 is 19.3 Å². The number of phenolic OH excluding ortho intramolecular Hbond substituents is 2. The van der Waals surface area contributed by atoms with Crippen molar-refractivity contribution in [1.82, 2.24) is 0 Å². The Hall–Kier alpha value is -3.72. The summed E-state index contributed by atoms with van der Waals surface area (Å²) >= 11 is 0. The smallest absolute Gasteiger partial charge is 0.744 e. The minimum Gasteiger partial charge on any atom is -0.744 e. The molecule has 280 valence electrons. The van der Waals surface area contributed by atoms with Gasteiger partial charge >= 0.3 is 59.1 Å². The molecular formula is C32H22N4Na2O14S4. The molecule has 0 aromatic heterocycles. The number of nitrogens with zero attached hydrogens (tertiary/aromatic N) is 4. The summed E-state index contributed by atoms with van der Waals surface area (Å²) in [6, 6.07) is 22.4. The van der Waals surface area contributed by atoms with Crippen molar-refractivity contribution in [3.63, 3.8) is 0 Å². The zero-order valence-corrected chi connectivity index (χ0v) is 36.0. The fourth-order valence-corrected chi connectivity index (χ4v) is 6.64. The molecule has 0 radical (unpaired) electrons. The maximum atomic E-state index is 11.1. The molecule has 0 saturated heterocycles. The van der Waals surface area contributed by atoms with Gasteiger partial charge in [0.2, 0.25) is 0 Å². The number of phenols is 2. The van der Waals surface area contributed by atoms with Gasteiger partial charge in [-0.25, -0.2) is 16.8 Å². The van der Waals surface area contributed by atoms with Crippen molar-refractivity contribution in [2.24, 2.45) is 20.5 Å². The molecule has 0 aliphatic rings. The number of aromatic hydroxyl groups is 2. The summed E-state index contributed by atoms with van der Waals surface area (Å²) < 4.78 is 129. The van der Waals surface area contributed by atoms with Gasteiger partial charge in [0.25, 0.3) is 20.2 Å². The van der Waals surface area contributed by atoms with Crippen LogP contribution < -0.4 is 59.1 Å². The Morgan fingerprint density at radius 3 is 1.00 bits per heavy atom. The van der Waals surface area contributed by atoms with E-state index in [0.29, 0.717) is 21.5 Å². The van der Waals surface area contributed by atoms with Gasteiger partial charge in [0.15, 0.2) is 0 Å². The average Bonchev–Trinajstić information content (AvgIpc) is 3.09. The first kappa shape index (κ1) is 46.7. The molecule has 4 N–H and O–H groups in total. The van der Waals surface area contributed by atoms with Crippen molar-refractivity contribution < 1.29 is 121 Å². The van der Waals surface area contributed by atoms with E-state index >= 15 is 0 Å². The molecule has 0 unspecified atom stereocenters. The summed E-state index contributed by atoms with van der Waals surface area (Å²) in [5.74, 6) is -0.447. The van der Waals surface area contributed by atoms with Crippen molar-refractivity contribution in [1.29, 1.82) is 0 Å². The molecule has 6 aromatic carbocycles. The summed E-state index contributed by atoms with van der Waals surface area (Å²) in [6.07, 6.45) is 0. The second-order valence-corrected chi connectivity index (χ2v) is 16.5. The molecule has 18 nitrogen and oxygen atoms in total. The van der Waals surface area contributed by atoms with E-state index in [2.05, 4.69) is 20.5 Å². The van der Waals surface area contributed by atoms with Crippen LogP contribution in [0, 0.1) is 0 Å². The monoisotopic (exact) mass is 860 g/mol. The van der Waals surface area contributed by atoms with Crippen molar-refractivity contribution in [3.8, 4) is 11.5 Å². The largest absolute Gasteiger partial charge is 1.00 e. The van der Waals surface area contributed by atoms with Gasteiger partial charge in [0.05, 0.1) is 31.0 Å². The van der Waals surface area contributed by atoms with Crippen LogP contribution in [0.2, 0.25) is 0 Å². The number of fused-ring (bicyclic) bond motifs is 2. The number of hydrogen-bond donors (Lipinski definition) is 4. The van der Waals surface area contributed by atoms with E-state index in [4.69, 9.17) is 9.11 Å². The van der Waals surface area contributed by atoms with Crippen molar-refractivity contribution >= 4 is 84.8 Å². The second-order valence-electron chi connectivity index (χ2n) is 10.9. The number of rotatable bonds is 8.